The minimum Gasteiger partial charge on any atom is -0.494 e. The molecule has 2 aromatic heterocycles. The number of amides is 1. The third-order valence-electron chi connectivity index (χ3n) is 5.22. The maximum Gasteiger partial charge on any atom is 0.417 e. The number of para-hydroxylation sites is 1. The Morgan fingerprint density at radius 3 is 2.49 bits per heavy atom. The number of carbonyl (C=O) groups excluding carboxylic acids is 1. The largest absolute Gasteiger partial charge is 0.494 e. The van der Waals surface area contributed by atoms with Crippen molar-refractivity contribution in [3.8, 4) is 22.9 Å². The van der Waals surface area contributed by atoms with Crippen LogP contribution < -0.4 is 14.8 Å². The minimum absolute atomic E-state index is 0.000252. The van der Waals surface area contributed by atoms with Crippen LogP contribution in [0.1, 0.15) is 18.1 Å². The molecule has 35 heavy (non-hydrogen) atoms. The molecule has 0 unspecified atom stereocenters. The van der Waals surface area contributed by atoms with Gasteiger partial charge in [0.05, 0.1) is 17.6 Å². The van der Waals surface area contributed by atoms with Crippen LogP contribution in [0.5, 0.6) is 11.6 Å². The first-order valence-corrected chi connectivity index (χ1v) is 10.9. The topological polar surface area (TPSA) is 78.3 Å². The molecule has 0 aliphatic carbocycles. The van der Waals surface area contributed by atoms with Crippen LogP contribution in [0, 0.1) is 0 Å². The highest BCUT2D eigenvalue weighted by molar-refractivity contribution is 5.94. The zero-order chi connectivity index (χ0) is 25.0. The van der Waals surface area contributed by atoms with Crippen LogP contribution in [0.25, 0.3) is 22.3 Å². The van der Waals surface area contributed by atoms with Crippen molar-refractivity contribution >= 4 is 16.9 Å². The Morgan fingerprint density at radius 2 is 1.77 bits per heavy atom. The molecule has 1 amide bonds. The first kappa shape index (κ1) is 24.1. The van der Waals surface area contributed by atoms with E-state index in [9.17, 15) is 18.0 Å². The molecular weight excluding hydrogens is 461 g/mol. The first-order valence-electron chi connectivity index (χ1n) is 10.9. The van der Waals surface area contributed by atoms with Gasteiger partial charge in [-0.15, -0.1) is 0 Å². The van der Waals surface area contributed by atoms with Gasteiger partial charge < -0.3 is 14.8 Å². The number of halogens is 3. The van der Waals surface area contributed by atoms with Gasteiger partial charge in [0.25, 0.3) is 5.91 Å². The van der Waals surface area contributed by atoms with Crippen LogP contribution in [0.3, 0.4) is 0 Å². The lowest BCUT2D eigenvalue weighted by Crippen LogP contribution is -2.28. The third kappa shape index (κ3) is 5.37. The molecule has 0 saturated carbocycles. The van der Waals surface area contributed by atoms with E-state index in [0.29, 0.717) is 17.9 Å². The maximum absolute atomic E-state index is 14.0. The zero-order valence-electron chi connectivity index (χ0n) is 19.1. The Kier molecular flexibility index (Phi) is 6.90. The Bertz CT molecular complexity index is 1340. The fourth-order valence-electron chi connectivity index (χ4n) is 3.65. The quantitative estimate of drug-likeness (QED) is 0.391. The maximum atomic E-state index is 14.0. The fraction of sp³-hybridized carbons (Fsp3) is 0.240. The number of ether oxygens (including phenoxy) is 2. The summed E-state index contributed by atoms with van der Waals surface area (Å²) < 4.78 is 54.1. The van der Waals surface area contributed by atoms with E-state index in [2.05, 4.69) is 15.4 Å². The van der Waals surface area contributed by atoms with E-state index in [1.165, 1.54) is 11.7 Å². The van der Waals surface area contributed by atoms with Crippen molar-refractivity contribution < 1.29 is 27.4 Å². The van der Waals surface area contributed by atoms with Crippen LogP contribution in [0.4, 0.5) is 13.2 Å². The van der Waals surface area contributed by atoms with Crippen LogP contribution in [-0.4, -0.2) is 33.9 Å². The normalized spacial score (nSPS) is 11.5. The van der Waals surface area contributed by atoms with E-state index < -0.39 is 24.3 Å². The first-order chi connectivity index (χ1) is 16.8. The number of carbonyl (C=O) groups is 1. The summed E-state index contributed by atoms with van der Waals surface area (Å²) in [7, 11) is 1.51. The molecule has 0 fully saturated rings. The third-order valence-corrected chi connectivity index (χ3v) is 5.22. The number of nitrogens with zero attached hydrogens (tertiary/aromatic N) is 3. The van der Waals surface area contributed by atoms with Crippen molar-refractivity contribution in [2.24, 2.45) is 7.05 Å². The molecule has 1 N–H and O–H groups in total. The number of hydrogen-bond acceptors (Lipinski definition) is 5. The number of aromatic nitrogens is 3. The molecule has 4 rings (SSSR count). The summed E-state index contributed by atoms with van der Waals surface area (Å²) in [6, 6.07) is 16.6. The lowest BCUT2D eigenvalue weighted by molar-refractivity contribution is -0.136. The molecule has 0 spiro atoms. The van der Waals surface area contributed by atoms with Gasteiger partial charge in [-0.1, -0.05) is 48.5 Å². The smallest absolute Gasteiger partial charge is 0.417 e. The van der Waals surface area contributed by atoms with Gasteiger partial charge in [-0.2, -0.15) is 23.3 Å². The van der Waals surface area contributed by atoms with Gasteiger partial charge in [0.15, 0.2) is 12.3 Å². The highest BCUT2D eigenvalue weighted by Gasteiger charge is 2.36. The van der Waals surface area contributed by atoms with E-state index in [0.717, 1.165) is 11.6 Å². The van der Waals surface area contributed by atoms with Crippen LogP contribution >= 0.6 is 0 Å². The number of rotatable bonds is 8. The SMILES string of the molecule is CCOc1ccccc1CNC(=O)COc1cc(C(F)(F)F)c2c(-c3ccccc3)nn(C)c2n1. The van der Waals surface area contributed by atoms with E-state index in [1.54, 1.807) is 36.4 Å². The molecule has 0 bridgehead atoms. The van der Waals surface area contributed by atoms with Crippen molar-refractivity contribution in [2.75, 3.05) is 13.2 Å². The Morgan fingerprint density at radius 1 is 1.06 bits per heavy atom. The van der Waals surface area contributed by atoms with Gasteiger partial charge in [0, 0.05) is 30.8 Å². The monoisotopic (exact) mass is 484 g/mol. The van der Waals surface area contributed by atoms with Crippen molar-refractivity contribution in [3.63, 3.8) is 0 Å². The molecular formula is C25H23F3N4O3. The molecule has 0 radical (unpaired) electrons. The summed E-state index contributed by atoms with van der Waals surface area (Å²) in [5, 5.41) is 6.81. The molecule has 0 aliphatic rings. The number of pyridine rings is 1. The van der Waals surface area contributed by atoms with Crippen molar-refractivity contribution in [3.05, 3.63) is 71.8 Å². The molecule has 7 nitrogen and oxygen atoms in total. The molecule has 0 aliphatic heterocycles. The zero-order valence-corrected chi connectivity index (χ0v) is 19.1. The van der Waals surface area contributed by atoms with Crippen molar-refractivity contribution in [1.29, 1.82) is 0 Å². The summed E-state index contributed by atoms with van der Waals surface area (Å²) in [4.78, 5) is 16.5. The van der Waals surface area contributed by atoms with Crippen LogP contribution in [0.2, 0.25) is 0 Å². The average molecular weight is 484 g/mol. The van der Waals surface area contributed by atoms with Gasteiger partial charge in [0.1, 0.15) is 11.4 Å². The second-order valence-corrected chi connectivity index (χ2v) is 7.65. The predicted molar refractivity (Wildman–Crippen MR) is 124 cm³/mol. The fourth-order valence-corrected chi connectivity index (χ4v) is 3.65. The lowest BCUT2D eigenvalue weighted by Gasteiger charge is -2.13. The number of benzene rings is 2. The van der Waals surface area contributed by atoms with E-state index in [1.807, 2.05) is 25.1 Å². The van der Waals surface area contributed by atoms with Crippen LogP contribution in [0.15, 0.2) is 60.7 Å². The summed E-state index contributed by atoms with van der Waals surface area (Å²) in [5.74, 6) is -0.192. The van der Waals surface area contributed by atoms with Crippen molar-refractivity contribution in [1.82, 2.24) is 20.1 Å². The summed E-state index contributed by atoms with van der Waals surface area (Å²) in [6.45, 7) is 2.01. The van der Waals surface area contributed by atoms with Gasteiger partial charge in [-0.25, -0.2) is 4.68 Å². The summed E-state index contributed by atoms with van der Waals surface area (Å²) in [5.41, 5.74) is 0.533. The minimum atomic E-state index is -4.68. The molecule has 0 atom stereocenters. The Balaban J connectivity index is 1.55. The highest BCUT2D eigenvalue weighted by atomic mass is 19.4. The Hall–Kier alpha value is -4.08. The number of hydrogen-bond donors (Lipinski definition) is 1. The predicted octanol–water partition coefficient (Wildman–Crippen LogP) is 4.75. The van der Waals surface area contributed by atoms with Gasteiger partial charge in [-0.05, 0) is 13.0 Å². The lowest BCUT2D eigenvalue weighted by atomic mass is 10.0. The number of aryl methyl sites for hydroxylation is 1. The van der Waals surface area contributed by atoms with Gasteiger partial charge in [0.2, 0.25) is 5.88 Å². The molecule has 4 aromatic rings. The van der Waals surface area contributed by atoms with E-state index in [4.69, 9.17) is 9.47 Å². The number of nitrogens with one attached hydrogen (secondary N) is 1. The second kappa shape index (κ2) is 10.0. The number of fused-ring (bicyclic) bond motifs is 1. The van der Waals surface area contributed by atoms with Crippen LogP contribution in [-0.2, 0) is 24.6 Å². The molecule has 182 valence electrons. The average Bonchev–Trinajstić information content (AvgIpc) is 3.18. The van der Waals surface area contributed by atoms with Crippen molar-refractivity contribution in [2.45, 2.75) is 19.6 Å². The summed E-state index contributed by atoms with van der Waals surface area (Å²) in [6.07, 6.45) is -4.68. The second-order valence-electron chi connectivity index (χ2n) is 7.65. The highest BCUT2D eigenvalue weighted by Crippen LogP contribution is 2.40. The Labute approximate surface area is 199 Å². The van der Waals surface area contributed by atoms with E-state index >= 15 is 0 Å². The molecule has 10 heteroatoms. The van der Waals surface area contributed by atoms with E-state index in [-0.39, 0.29) is 29.2 Å². The molecule has 2 aromatic carbocycles. The van der Waals surface area contributed by atoms with Gasteiger partial charge >= 0.3 is 6.18 Å². The standard InChI is InChI=1S/C25H23F3N4O3/c1-3-34-19-12-8-7-11-17(19)14-29-20(33)15-35-21-13-18(25(26,27)28)22-23(16-9-5-4-6-10-16)31-32(2)24(22)30-21/h4-13H,3,14-15H2,1-2H3,(H,29,33). The number of alkyl halides is 3. The summed E-state index contributed by atoms with van der Waals surface area (Å²) >= 11 is 0. The van der Waals surface area contributed by atoms with Gasteiger partial charge in [-0.3, -0.25) is 4.79 Å². The molecule has 2 heterocycles. The molecule has 0 saturated heterocycles.